The van der Waals surface area contributed by atoms with E-state index >= 15 is 0 Å². The Morgan fingerprint density at radius 1 is 1.06 bits per heavy atom. The van der Waals surface area contributed by atoms with Crippen molar-refractivity contribution in [3.8, 4) is 11.4 Å². The molecule has 0 aliphatic heterocycles. The maximum atomic E-state index is 13.3. The molecule has 0 amide bonds. The molecular formula is C10H3BrCl2F2N2. The summed E-state index contributed by atoms with van der Waals surface area (Å²) in [7, 11) is 0. The van der Waals surface area contributed by atoms with Crippen LogP contribution in [0.5, 0.6) is 0 Å². The molecule has 7 heteroatoms. The van der Waals surface area contributed by atoms with Gasteiger partial charge >= 0.3 is 0 Å². The van der Waals surface area contributed by atoms with Gasteiger partial charge in [-0.1, -0.05) is 23.2 Å². The van der Waals surface area contributed by atoms with Crippen LogP contribution >= 0.6 is 39.1 Å². The van der Waals surface area contributed by atoms with Gasteiger partial charge in [0, 0.05) is 11.6 Å². The number of benzene rings is 1. The molecule has 0 saturated carbocycles. The Morgan fingerprint density at radius 3 is 2.24 bits per heavy atom. The van der Waals surface area contributed by atoms with Crippen LogP contribution in [-0.2, 0) is 0 Å². The van der Waals surface area contributed by atoms with Crippen LogP contribution in [0.2, 0.25) is 10.3 Å². The number of halogens is 5. The maximum Gasteiger partial charge on any atom is 0.173 e. The lowest BCUT2D eigenvalue weighted by Crippen LogP contribution is -1.94. The van der Waals surface area contributed by atoms with E-state index in [0.29, 0.717) is 0 Å². The summed E-state index contributed by atoms with van der Waals surface area (Å²) in [5.74, 6) is -1.86. The summed E-state index contributed by atoms with van der Waals surface area (Å²) < 4.78 is 26.2. The van der Waals surface area contributed by atoms with Crippen LogP contribution in [0.25, 0.3) is 11.4 Å². The van der Waals surface area contributed by atoms with E-state index < -0.39 is 11.6 Å². The smallest absolute Gasteiger partial charge is 0.173 e. The normalized spacial score (nSPS) is 10.6. The highest BCUT2D eigenvalue weighted by Crippen LogP contribution is 2.30. The van der Waals surface area contributed by atoms with Gasteiger partial charge in [-0.2, -0.15) is 0 Å². The van der Waals surface area contributed by atoms with Gasteiger partial charge < -0.3 is 0 Å². The molecule has 2 aromatic rings. The highest BCUT2D eigenvalue weighted by Gasteiger charge is 2.15. The maximum absolute atomic E-state index is 13.3. The molecule has 0 N–H and O–H groups in total. The van der Waals surface area contributed by atoms with Crippen LogP contribution < -0.4 is 0 Å². The van der Waals surface area contributed by atoms with E-state index in [9.17, 15) is 8.78 Å². The molecule has 0 atom stereocenters. The number of nitrogens with zero attached hydrogens (tertiary/aromatic N) is 2. The predicted octanol–water partition coefficient (Wildman–Crippen LogP) is 4.49. The van der Waals surface area contributed by atoms with E-state index in [1.807, 2.05) is 0 Å². The quantitative estimate of drug-likeness (QED) is 0.565. The number of hydrogen-bond donors (Lipinski definition) is 0. The van der Waals surface area contributed by atoms with Crippen molar-refractivity contribution >= 4 is 39.1 Å². The van der Waals surface area contributed by atoms with Crippen LogP contribution in [-0.4, -0.2) is 9.97 Å². The van der Waals surface area contributed by atoms with Gasteiger partial charge in [-0.15, -0.1) is 0 Å². The standard InChI is InChI=1S/C10H3BrCl2F2N2/c11-8-4(1-2-5(14)9(8)15)10-16-6(12)3-7(13)17-10/h1-3H. The van der Waals surface area contributed by atoms with Gasteiger partial charge in [0.1, 0.15) is 10.3 Å². The summed E-state index contributed by atoms with van der Waals surface area (Å²) in [6, 6.07) is 3.67. The third kappa shape index (κ3) is 2.56. The van der Waals surface area contributed by atoms with Crippen molar-refractivity contribution in [2.75, 3.05) is 0 Å². The Labute approximate surface area is 114 Å². The summed E-state index contributed by atoms with van der Waals surface area (Å²) in [6.07, 6.45) is 0. The third-order valence-electron chi connectivity index (χ3n) is 1.94. The predicted molar refractivity (Wildman–Crippen MR) is 65.1 cm³/mol. The van der Waals surface area contributed by atoms with Crippen LogP contribution in [0.3, 0.4) is 0 Å². The SMILES string of the molecule is Fc1ccc(-c2nc(Cl)cc(Cl)n2)c(Br)c1F. The highest BCUT2D eigenvalue weighted by atomic mass is 79.9. The monoisotopic (exact) mass is 338 g/mol. The first-order chi connectivity index (χ1) is 7.99. The Balaban J connectivity index is 2.64. The Bertz CT molecular complexity index is 573. The molecule has 1 heterocycles. The van der Waals surface area contributed by atoms with E-state index in [0.717, 1.165) is 6.07 Å². The van der Waals surface area contributed by atoms with Crippen molar-refractivity contribution < 1.29 is 8.78 Å². The minimum absolute atomic E-state index is 0.0733. The molecule has 88 valence electrons. The zero-order valence-electron chi connectivity index (χ0n) is 8.02. The minimum Gasteiger partial charge on any atom is -0.216 e. The molecule has 0 aliphatic rings. The molecule has 0 fully saturated rings. The number of rotatable bonds is 1. The molecule has 0 bridgehead atoms. The Morgan fingerprint density at radius 2 is 1.65 bits per heavy atom. The van der Waals surface area contributed by atoms with E-state index in [1.165, 1.54) is 12.1 Å². The number of hydrogen-bond acceptors (Lipinski definition) is 2. The Hall–Kier alpha value is -0.780. The average molecular weight is 340 g/mol. The van der Waals surface area contributed by atoms with E-state index in [2.05, 4.69) is 25.9 Å². The lowest BCUT2D eigenvalue weighted by molar-refractivity contribution is 0.504. The van der Waals surface area contributed by atoms with Gasteiger partial charge in [0.15, 0.2) is 17.5 Å². The summed E-state index contributed by atoms with van der Waals surface area (Å²) in [5, 5.41) is 0.244. The van der Waals surface area contributed by atoms with Crippen molar-refractivity contribution in [1.29, 1.82) is 0 Å². The topological polar surface area (TPSA) is 25.8 Å². The number of aromatic nitrogens is 2. The molecule has 2 nitrogen and oxygen atoms in total. The molecule has 0 aliphatic carbocycles. The van der Waals surface area contributed by atoms with Crippen molar-refractivity contribution in [2.45, 2.75) is 0 Å². The third-order valence-corrected chi connectivity index (χ3v) is 3.10. The molecule has 0 radical (unpaired) electrons. The second-order valence-corrected chi connectivity index (χ2v) is 4.63. The largest absolute Gasteiger partial charge is 0.216 e. The Kier molecular flexibility index (Phi) is 3.61. The fourth-order valence-electron chi connectivity index (χ4n) is 1.21. The van der Waals surface area contributed by atoms with Gasteiger partial charge in [-0.25, -0.2) is 18.7 Å². The van der Waals surface area contributed by atoms with Crippen LogP contribution in [0.4, 0.5) is 8.78 Å². The minimum atomic E-state index is -1.01. The molecule has 0 saturated heterocycles. The van der Waals surface area contributed by atoms with E-state index in [-0.39, 0.29) is 26.2 Å². The molecule has 1 aromatic heterocycles. The van der Waals surface area contributed by atoms with Gasteiger partial charge in [0.2, 0.25) is 0 Å². The lowest BCUT2D eigenvalue weighted by atomic mass is 10.2. The fraction of sp³-hybridized carbons (Fsp3) is 0. The second kappa shape index (κ2) is 4.84. The van der Waals surface area contributed by atoms with Crippen molar-refractivity contribution in [2.24, 2.45) is 0 Å². The van der Waals surface area contributed by atoms with Crippen LogP contribution in [0.1, 0.15) is 0 Å². The van der Waals surface area contributed by atoms with Crippen LogP contribution in [0, 0.1) is 11.6 Å². The van der Waals surface area contributed by atoms with Gasteiger partial charge in [-0.3, -0.25) is 0 Å². The molecular weight excluding hydrogens is 337 g/mol. The molecule has 17 heavy (non-hydrogen) atoms. The highest BCUT2D eigenvalue weighted by molar-refractivity contribution is 9.10. The second-order valence-electron chi connectivity index (χ2n) is 3.06. The molecule has 2 rings (SSSR count). The summed E-state index contributed by atoms with van der Waals surface area (Å²) in [5.41, 5.74) is 0.272. The zero-order valence-corrected chi connectivity index (χ0v) is 11.1. The fourth-order valence-corrected chi connectivity index (χ4v) is 2.13. The summed E-state index contributed by atoms with van der Waals surface area (Å²) >= 11 is 14.3. The van der Waals surface area contributed by atoms with E-state index in [1.54, 1.807) is 0 Å². The van der Waals surface area contributed by atoms with Crippen molar-refractivity contribution in [3.05, 3.63) is 44.6 Å². The molecule has 1 aromatic carbocycles. The zero-order chi connectivity index (χ0) is 12.6. The van der Waals surface area contributed by atoms with Crippen LogP contribution in [0.15, 0.2) is 22.7 Å². The average Bonchev–Trinajstić information content (AvgIpc) is 2.24. The summed E-state index contributed by atoms with van der Waals surface area (Å²) in [6.45, 7) is 0. The van der Waals surface area contributed by atoms with Crippen molar-refractivity contribution in [1.82, 2.24) is 9.97 Å². The first-order valence-corrected chi connectivity index (χ1v) is 5.88. The van der Waals surface area contributed by atoms with E-state index in [4.69, 9.17) is 23.2 Å². The van der Waals surface area contributed by atoms with Gasteiger partial charge in [0.05, 0.1) is 4.47 Å². The molecule has 0 unspecified atom stereocenters. The lowest BCUT2D eigenvalue weighted by Gasteiger charge is -2.05. The first kappa shape index (κ1) is 12.7. The van der Waals surface area contributed by atoms with Gasteiger partial charge in [-0.05, 0) is 28.1 Å². The molecule has 0 spiro atoms. The van der Waals surface area contributed by atoms with Gasteiger partial charge in [0.25, 0.3) is 0 Å². The van der Waals surface area contributed by atoms with Crippen molar-refractivity contribution in [3.63, 3.8) is 0 Å². The summed E-state index contributed by atoms with van der Waals surface area (Å²) in [4.78, 5) is 7.77. The first-order valence-electron chi connectivity index (χ1n) is 4.33.